The number of esters is 1. The van der Waals surface area contributed by atoms with Gasteiger partial charge in [-0.05, 0) is 24.6 Å². The molecule has 4 rings (SSSR count). The van der Waals surface area contributed by atoms with Crippen LogP contribution in [-0.4, -0.2) is 36.3 Å². The molecule has 170 valence electrons. The summed E-state index contributed by atoms with van der Waals surface area (Å²) >= 11 is 0. The van der Waals surface area contributed by atoms with Crippen LogP contribution in [0.25, 0.3) is 11.1 Å². The van der Waals surface area contributed by atoms with Crippen molar-refractivity contribution < 1.29 is 33.3 Å². The molecule has 1 atom stereocenters. The Kier molecular flexibility index (Phi) is 6.30. The number of carbonyl (C=O) groups excluding carboxylic acids is 3. The second kappa shape index (κ2) is 9.47. The molecule has 1 aromatic heterocycles. The maximum Gasteiger partial charge on any atom is 0.357 e. The van der Waals surface area contributed by atoms with Crippen LogP contribution in [0.15, 0.2) is 54.7 Å². The van der Waals surface area contributed by atoms with Crippen molar-refractivity contribution in [2.45, 2.75) is 13.0 Å². The number of aryl methyl sites for hydroxylation is 1. The van der Waals surface area contributed by atoms with Crippen LogP contribution < -0.4 is 14.8 Å². The van der Waals surface area contributed by atoms with Gasteiger partial charge in [-0.15, -0.1) is 0 Å². The smallest absolute Gasteiger partial charge is 0.357 e. The molecular weight excluding hydrogens is 428 g/mol. The fourth-order valence-corrected chi connectivity index (χ4v) is 3.65. The average Bonchev–Trinajstić information content (AvgIpc) is 3.41. The van der Waals surface area contributed by atoms with Gasteiger partial charge in [0.2, 0.25) is 12.9 Å². The third-order valence-electron chi connectivity index (χ3n) is 5.11. The lowest BCUT2D eigenvalue weighted by atomic mass is 10.0. The Morgan fingerprint density at radius 2 is 1.91 bits per heavy atom. The van der Waals surface area contributed by atoms with E-state index in [-0.39, 0.29) is 31.3 Å². The fourth-order valence-electron chi connectivity index (χ4n) is 3.65. The zero-order valence-corrected chi connectivity index (χ0v) is 18.1. The van der Waals surface area contributed by atoms with E-state index in [2.05, 4.69) is 5.32 Å². The largest absolute Gasteiger partial charge is 0.461 e. The monoisotopic (exact) mass is 450 g/mol. The Hall–Kier alpha value is -4.27. The number of hydrogen-bond donors (Lipinski definition) is 1. The van der Waals surface area contributed by atoms with Gasteiger partial charge in [-0.3, -0.25) is 9.59 Å². The number of carbonyl (C=O) groups is 3. The predicted octanol–water partition coefficient (Wildman–Crippen LogP) is 3.45. The van der Waals surface area contributed by atoms with Crippen molar-refractivity contribution >= 4 is 24.0 Å². The summed E-state index contributed by atoms with van der Waals surface area (Å²) in [7, 11) is 1.68. The Morgan fingerprint density at radius 1 is 1.15 bits per heavy atom. The Balaban J connectivity index is 1.77. The summed E-state index contributed by atoms with van der Waals surface area (Å²) < 4.78 is 22.7. The first kappa shape index (κ1) is 21.9. The van der Waals surface area contributed by atoms with Gasteiger partial charge in [-0.1, -0.05) is 36.4 Å². The molecule has 1 aliphatic rings. The number of nitrogens with one attached hydrogen (secondary N) is 1. The van der Waals surface area contributed by atoms with Crippen molar-refractivity contribution in [2.75, 3.05) is 18.7 Å². The highest BCUT2D eigenvalue weighted by Gasteiger charge is 2.29. The number of amides is 1. The number of nitrogens with zero attached hydrogens (tertiary/aromatic N) is 1. The number of aromatic nitrogens is 1. The van der Waals surface area contributed by atoms with Gasteiger partial charge in [-0.25, -0.2) is 4.79 Å². The summed E-state index contributed by atoms with van der Waals surface area (Å²) in [5.41, 5.74) is 2.12. The molecule has 0 saturated heterocycles. The Labute approximate surface area is 189 Å². The Bertz CT molecular complexity index is 1190. The SMILES string of the molecule is CCOC(=O)c1c(NC(=O)[C@H](OC=O)c2ccccc2)c(-c2ccc3c(c2)OCO3)cn1C. The van der Waals surface area contributed by atoms with Crippen LogP contribution in [0.2, 0.25) is 0 Å². The van der Waals surface area contributed by atoms with Crippen LogP contribution in [0.5, 0.6) is 11.5 Å². The van der Waals surface area contributed by atoms with Crippen LogP contribution in [-0.2, 0) is 26.1 Å². The van der Waals surface area contributed by atoms with E-state index in [1.807, 2.05) is 0 Å². The van der Waals surface area contributed by atoms with Gasteiger partial charge < -0.3 is 28.8 Å². The molecule has 0 unspecified atom stereocenters. The van der Waals surface area contributed by atoms with E-state index >= 15 is 0 Å². The van der Waals surface area contributed by atoms with E-state index < -0.39 is 18.0 Å². The van der Waals surface area contributed by atoms with Crippen LogP contribution >= 0.6 is 0 Å². The van der Waals surface area contributed by atoms with Gasteiger partial charge >= 0.3 is 5.97 Å². The molecule has 0 aliphatic carbocycles. The van der Waals surface area contributed by atoms with Crippen molar-refractivity contribution in [3.63, 3.8) is 0 Å². The molecule has 1 aliphatic heterocycles. The minimum atomic E-state index is -1.21. The summed E-state index contributed by atoms with van der Waals surface area (Å²) in [5, 5.41) is 2.77. The normalized spacial score (nSPS) is 12.7. The number of fused-ring (bicyclic) bond motifs is 1. The summed E-state index contributed by atoms with van der Waals surface area (Å²) in [6.45, 7) is 2.19. The van der Waals surface area contributed by atoms with Crippen LogP contribution in [0.4, 0.5) is 5.69 Å². The molecule has 0 fully saturated rings. The van der Waals surface area contributed by atoms with Crippen molar-refractivity contribution in [2.24, 2.45) is 7.05 Å². The van der Waals surface area contributed by atoms with E-state index in [0.717, 1.165) is 0 Å². The third-order valence-corrected chi connectivity index (χ3v) is 5.11. The summed E-state index contributed by atoms with van der Waals surface area (Å²) in [6, 6.07) is 13.9. The van der Waals surface area contributed by atoms with E-state index in [4.69, 9.17) is 18.9 Å². The molecule has 1 amide bonds. The van der Waals surface area contributed by atoms with E-state index in [1.165, 1.54) is 0 Å². The summed E-state index contributed by atoms with van der Waals surface area (Å²) in [4.78, 5) is 37.1. The molecule has 2 heterocycles. The summed E-state index contributed by atoms with van der Waals surface area (Å²) in [6.07, 6.45) is 0.501. The average molecular weight is 450 g/mol. The van der Waals surface area contributed by atoms with Gasteiger partial charge in [0, 0.05) is 24.4 Å². The number of rotatable bonds is 8. The van der Waals surface area contributed by atoms with Crippen molar-refractivity contribution in [3.8, 4) is 22.6 Å². The lowest BCUT2D eigenvalue weighted by molar-refractivity contribution is -0.142. The standard InChI is InChI=1S/C24H22N2O7/c1-3-30-24(29)21-20(25-23(28)22(31-13-27)15-7-5-4-6-8-15)17(12-26(21)2)16-9-10-18-19(11-16)33-14-32-18/h4-13,22H,3,14H2,1-2H3,(H,25,28)/t22-/m1/s1. The van der Waals surface area contributed by atoms with Gasteiger partial charge in [0.15, 0.2) is 17.2 Å². The molecule has 3 aromatic rings. The zero-order chi connectivity index (χ0) is 23.4. The molecule has 0 bridgehead atoms. The highest BCUT2D eigenvalue weighted by molar-refractivity contribution is 6.07. The lowest BCUT2D eigenvalue weighted by Gasteiger charge is -2.17. The van der Waals surface area contributed by atoms with Crippen molar-refractivity contribution in [3.05, 3.63) is 66.0 Å². The molecule has 2 aromatic carbocycles. The van der Waals surface area contributed by atoms with Gasteiger partial charge in [-0.2, -0.15) is 0 Å². The highest BCUT2D eigenvalue weighted by atomic mass is 16.7. The Morgan fingerprint density at radius 3 is 2.64 bits per heavy atom. The van der Waals surface area contributed by atoms with E-state index in [0.29, 0.717) is 28.2 Å². The third kappa shape index (κ3) is 4.38. The number of benzene rings is 2. The molecule has 9 nitrogen and oxygen atoms in total. The molecular formula is C24H22N2O7. The quantitative estimate of drug-likeness (QED) is 0.414. The molecule has 0 spiro atoms. The molecule has 0 saturated carbocycles. The lowest BCUT2D eigenvalue weighted by Crippen LogP contribution is -2.25. The molecule has 1 N–H and O–H groups in total. The van der Waals surface area contributed by atoms with Gasteiger partial charge in [0.05, 0.1) is 12.3 Å². The predicted molar refractivity (Wildman–Crippen MR) is 118 cm³/mol. The number of hydrogen-bond acceptors (Lipinski definition) is 7. The fraction of sp³-hybridized carbons (Fsp3) is 0.208. The molecule has 9 heteroatoms. The van der Waals surface area contributed by atoms with Gasteiger partial charge in [0.1, 0.15) is 0 Å². The maximum atomic E-state index is 13.2. The van der Waals surface area contributed by atoms with Crippen LogP contribution in [0.3, 0.4) is 0 Å². The number of anilines is 1. The van der Waals surface area contributed by atoms with E-state index in [1.54, 1.807) is 73.3 Å². The minimum Gasteiger partial charge on any atom is -0.461 e. The van der Waals surface area contributed by atoms with Crippen LogP contribution in [0.1, 0.15) is 29.1 Å². The first-order chi connectivity index (χ1) is 16.0. The first-order valence-electron chi connectivity index (χ1n) is 10.2. The topological polar surface area (TPSA) is 105 Å². The highest BCUT2D eigenvalue weighted by Crippen LogP contribution is 2.40. The molecule has 33 heavy (non-hydrogen) atoms. The first-order valence-corrected chi connectivity index (χ1v) is 10.2. The zero-order valence-electron chi connectivity index (χ0n) is 18.1. The van der Waals surface area contributed by atoms with Crippen molar-refractivity contribution in [1.82, 2.24) is 4.57 Å². The van der Waals surface area contributed by atoms with Crippen molar-refractivity contribution in [1.29, 1.82) is 0 Å². The number of ether oxygens (including phenoxy) is 4. The minimum absolute atomic E-state index is 0.118. The van der Waals surface area contributed by atoms with Gasteiger partial charge in [0.25, 0.3) is 12.4 Å². The maximum absolute atomic E-state index is 13.2. The summed E-state index contributed by atoms with van der Waals surface area (Å²) in [5.74, 6) is -0.0610. The van der Waals surface area contributed by atoms with E-state index in [9.17, 15) is 14.4 Å². The van der Waals surface area contributed by atoms with Crippen LogP contribution in [0, 0.1) is 0 Å². The second-order valence-corrected chi connectivity index (χ2v) is 7.18. The second-order valence-electron chi connectivity index (χ2n) is 7.18. The molecule has 0 radical (unpaired) electrons.